The molecule has 0 amide bonds. The van der Waals surface area contributed by atoms with Gasteiger partial charge >= 0.3 is 0 Å². The number of hydrogen-bond donors (Lipinski definition) is 0. The fourth-order valence-corrected chi connectivity index (χ4v) is 2.07. The molecule has 6 heteroatoms. The summed E-state index contributed by atoms with van der Waals surface area (Å²) in [5.41, 5.74) is 1.26. The predicted molar refractivity (Wildman–Crippen MR) is 76.7 cm³/mol. The molecule has 0 saturated heterocycles. The fourth-order valence-electron chi connectivity index (χ4n) is 1.90. The third-order valence-electron chi connectivity index (χ3n) is 2.92. The molecule has 4 nitrogen and oxygen atoms in total. The van der Waals surface area contributed by atoms with Crippen LogP contribution in [0.15, 0.2) is 47.0 Å². The maximum Gasteiger partial charge on any atom is 0.262 e. The molecular formula is C15H10ClFN2O2. The Morgan fingerprint density at radius 2 is 1.90 bits per heavy atom. The van der Waals surface area contributed by atoms with Gasteiger partial charge in [-0.1, -0.05) is 16.8 Å². The van der Waals surface area contributed by atoms with Gasteiger partial charge in [-0.25, -0.2) is 4.39 Å². The first-order valence-corrected chi connectivity index (χ1v) is 6.49. The molecule has 0 aliphatic rings. The zero-order chi connectivity index (χ0) is 14.8. The summed E-state index contributed by atoms with van der Waals surface area (Å²) in [4.78, 5) is 4.29. The van der Waals surface area contributed by atoms with Gasteiger partial charge in [0.2, 0.25) is 5.82 Å². The highest BCUT2D eigenvalue weighted by Crippen LogP contribution is 2.32. The van der Waals surface area contributed by atoms with Crippen molar-refractivity contribution in [2.24, 2.45) is 0 Å². The monoisotopic (exact) mass is 304 g/mol. The molecule has 21 heavy (non-hydrogen) atoms. The normalized spacial score (nSPS) is 10.6. The summed E-state index contributed by atoms with van der Waals surface area (Å²) in [5, 5.41) is 4.42. The Bertz CT molecular complexity index is 772. The van der Waals surface area contributed by atoms with Crippen molar-refractivity contribution in [3.8, 4) is 28.6 Å². The van der Waals surface area contributed by atoms with Gasteiger partial charge in [0.25, 0.3) is 5.89 Å². The minimum atomic E-state index is -0.320. The average molecular weight is 305 g/mol. The minimum Gasteiger partial charge on any atom is -0.496 e. The summed E-state index contributed by atoms with van der Waals surface area (Å²) in [7, 11) is 1.55. The fraction of sp³-hybridized carbons (Fsp3) is 0.0667. The van der Waals surface area contributed by atoms with Crippen LogP contribution >= 0.6 is 11.6 Å². The van der Waals surface area contributed by atoms with Gasteiger partial charge in [0.05, 0.1) is 12.7 Å². The van der Waals surface area contributed by atoms with Crippen molar-refractivity contribution in [2.75, 3.05) is 7.11 Å². The Kier molecular flexibility index (Phi) is 3.58. The molecule has 106 valence electrons. The Labute approximate surface area is 125 Å². The van der Waals surface area contributed by atoms with Crippen molar-refractivity contribution in [3.05, 3.63) is 53.3 Å². The summed E-state index contributed by atoms with van der Waals surface area (Å²) < 4.78 is 23.4. The zero-order valence-electron chi connectivity index (χ0n) is 11.0. The van der Waals surface area contributed by atoms with Crippen LogP contribution < -0.4 is 4.74 Å². The van der Waals surface area contributed by atoms with Gasteiger partial charge in [-0.2, -0.15) is 4.98 Å². The number of aromatic nitrogens is 2. The SMILES string of the molecule is COc1ccc(Cl)cc1-c1nc(-c2ccc(F)cc2)no1. The zero-order valence-corrected chi connectivity index (χ0v) is 11.8. The van der Waals surface area contributed by atoms with Crippen molar-refractivity contribution < 1.29 is 13.7 Å². The lowest BCUT2D eigenvalue weighted by molar-refractivity contribution is 0.405. The lowest BCUT2D eigenvalue weighted by Gasteiger charge is -2.04. The maximum atomic E-state index is 12.9. The molecule has 1 aromatic heterocycles. The van der Waals surface area contributed by atoms with Gasteiger partial charge in [0, 0.05) is 10.6 Å². The average Bonchev–Trinajstić information content (AvgIpc) is 2.97. The second kappa shape index (κ2) is 5.54. The summed E-state index contributed by atoms with van der Waals surface area (Å²) in [6, 6.07) is 11.0. The van der Waals surface area contributed by atoms with Gasteiger partial charge in [-0.05, 0) is 42.5 Å². The number of benzene rings is 2. The van der Waals surface area contributed by atoms with E-state index in [0.717, 1.165) is 0 Å². The van der Waals surface area contributed by atoms with Crippen LogP contribution in [0.4, 0.5) is 4.39 Å². The summed E-state index contributed by atoms with van der Waals surface area (Å²) in [5.74, 6) is 0.911. The van der Waals surface area contributed by atoms with E-state index in [1.165, 1.54) is 12.1 Å². The molecule has 0 radical (unpaired) electrons. The molecule has 0 spiro atoms. The highest BCUT2D eigenvalue weighted by molar-refractivity contribution is 6.30. The first kappa shape index (κ1) is 13.6. The van der Waals surface area contributed by atoms with E-state index in [4.69, 9.17) is 20.9 Å². The van der Waals surface area contributed by atoms with E-state index in [1.807, 2.05) is 0 Å². The van der Waals surface area contributed by atoms with Crippen molar-refractivity contribution in [1.82, 2.24) is 10.1 Å². The molecule has 0 atom stereocenters. The van der Waals surface area contributed by atoms with E-state index >= 15 is 0 Å². The molecule has 0 bridgehead atoms. The van der Waals surface area contributed by atoms with Gasteiger partial charge in [-0.3, -0.25) is 0 Å². The molecule has 0 fully saturated rings. The predicted octanol–water partition coefficient (Wildman–Crippen LogP) is 4.20. The van der Waals surface area contributed by atoms with Crippen LogP contribution in [0, 0.1) is 5.82 Å². The van der Waals surface area contributed by atoms with Crippen LogP contribution in [0.5, 0.6) is 5.75 Å². The number of ether oxygens (including phenoxy) is 1. The number of hydrogen-bond acceptors (Lipinski definition) is 4. The molecule has 3 rings (SSSR count). The van der Waals surface area contributed by atoms with Crippen molar-refractivity contribution in [1.29, 1.82) is 0 Å². The van der Waals surface area contributed by atoms with Crippen LogP contribution in [0.25, 0.3) is 22.8 Å². The van der Waals surface area contributed by atoms with E-state index in [2.05, 4.69) is 10.1 Å². The Balaban J connectivity index is 2.02. The van der Waals surface area contributed by atoms with Crippen LogP contribution in [-0.4, -0.2) is 17.3 Å². The van der Waals surface area contributed by atoms with Crippen LogP contribution in [-0.2, 0) is 0 Å². The van der Waals surface area contributed by atoms with Crippen molar-refractivity contribution in [2.45, 2.75) is 0 Å². The number of rotatable bonds is 3. The second-order valence-electron chi connectivity index (χ2n) is 4.27. The standard InChI is InChI=1S/C15H10ClFN2O2/c1-20-13-7-4-10(16)8-12(13)15-18-14(19-21-15)9-2-5-11(17)6-3-9/h2-8H,1H3. The Morgan fingerprint density at radius 3 is 2.62 bits per heavy atom. The number of halogens is 2. The molecule has 0 unspecified atom stereocenters. The van der Waals surface area contributed by atoms with Crippen molar-refractivity contribution in [3.63, 3.8) is 0 Å². The first-order chi connectivity index (χ1) is 10.2. The Morgan fingerprint density at radius 1 is 1.14 bits per heavy atom. The first-order valence-electron chi connectivity index (χ1n) is 6.11. The van der Waals surface area contributed by atoms with E-state index in [0.29, 0.717) is 27.7 Å². The van der Waals surface area contributed by atoms with Crippen LogP contribution in [0.2, 0.25) is 5.02 Å². The minimum absolute atomic E-state index is 0.286. The molecule has 0 saturated carbocycles. The largest absolute Gasteiger partial charge is 0.496 e. The third-order valence-corrected chi connectivity index (χ3v) is 3.16. The third kappa shape index (κ3) is 2.73. The van der Waals surface area contributed by atoms with Crippen molar-refractivity contribution >= 4 is 11.6 Å². The highest BCUT2D eigenvalue weighted by atomic mass is 35.5. The van der Waals surface area contributed by atoms with Gasteiger partial charge < -0.3 is 9.26 Å². The number of nitrogens with zero attached hydrogens (tertiary/aromatic N) is 2. The number of methoxy groups -OCH3 is 1. The summed E-state index contributed by atoms with van der Waals surface area (Å²) in [6.45, 7) is 0. The molecule has 0 N–H and O–H groups in total. The lowest BCUT2D eigenvalue weighted by Crippen LogP contribution is -1.88. The highest BCUT2D eigenvalue weighted by Gasteiger charge is 2.15. The van der Waals surface area contributed by atoms with E-state index in [1.54, 1.807) is 37.4 Å². The van der Waals surface area contributed by atoms with E-state index in [9.17, 15) is 4.39 Å². The van der Waals surface area contributed by atoms with E-state index < -0.39 is 0 Å². The molecule has 0 aliphatic carbocycles. The quantitative estimate of drug-likeness (QED) is 0.727. The Hall–Kier alpha value is -2.40. The molecule has 2 aromatic carbocycles. The van der Waals surface area contributed by atoms with Gasteiger partial charge in [0.15, 0.2) is 0 Å². The summed E-state index contributed by atoms with van der Waals surface area (Å²) >= 11 is 5.98. The van der Waals surface area contributed by atoms with Crippen LogP contribution in [0.3, 0.4) is 0 Å². The lowest BCUT2D eigenvalue weighted by atomic mass is 10.2. The van der Waals surface area contributed by atoms with Crippen LogP contribution in [0.1, 0.15) is 0 Å². The second-order valence-corrected chi connectivity index (χ2v) is 4.71. The maximum absolute atomic E-state index is 12.9. The molecule has 1 heterocycles. The topological polar surface area (TPSA) is 48.2 Å². The molecule has 0 aliphatic heterocycles. The summed E-state index contributed by atoms with van der Waals surface area (Å²) in [6.07, 6.45) is 0. The smallest absolute Gasteiger partial charge is 0.262 e. The van der Waals surface area contributed by atoms with E-state index in [-0.39, 0.29) is 11.7 Å². The van der Waals surface area contributed by atoms with Gasteiger partial charge in [0.1, 0.15) is 11.6 Å². The molecular weight excluding hydrogens is 295 g/mol. The van der Waals surface area contributed by atoms with Gasteiger partial charge in [-0.15, -0.1) is 0 Å². The molecule has 3 aromatic rings.